The first-order valence-electron chi connectivity index (χ1n) is 6.21. The Labute approximate surface area is 114 Å². The molecule has 0 spiro atoms. The smallest absolute Gasteiger partial charge is 0.322 e. The molecule has 0 saturated carbocycles. The van der Waals surface area contributed by atoms with Crippen LogP contribution in [0.3, 0.4) is 0 Å². The van der Waals surface area contributed by atoms with Crippen LogP contribution in [0.4, 0.5) is 0 Å². The molecule has 0 bridgehead atoms. The van der Waals surface area contributed by atoms with Gasteiger partial charge in [0.1, 0.15) is 18.4 Å². The number of allylic oxidation sites excluding steroid dienone is 1. The third kappa shape index (κ3) is 5.57. The number of benzene rings is 1. The number of rotatable bonds is 6. The highest BCUT2D eigenvalue weighted by molar-refractivity contribution is 5.75. The molecule has 4 heteroatoms. The van der Waals surface area contributed by atoms with Crippen molar-refractivity contribution in [3.05, 3.63) is 41.5 Å². The molecule has 0 fully saturated rings. The number of hydrogen-bond donors (Lipinski definition) is 1. The summed E-state index contributed by atoms with van der Waals surface area (Å²) in [5, 5.41) is 0. The Bertz CT molecular complexity index is 433. The van der Waals surface area contributed by atoms with E-state index in [2.05, 4.69) is 4.74 Å². The van der Waals surface area contributed by atoms with Gasteiger partial charge in [-0.2, -0.15) is 0 Å². The number of hydrogen-bond acceptors (Lipinski definition) is 4. The van der Waals surface area contributed by atoms with Crippen molar-refractivity contribution < 1.29 is 14.3 Å². The second-order valence-electron chi connectivity index (χ2n) is 4.57. The third-order valence-corrected chi connectivity index (χ3v) is 2.62. The minimum atomic E-state index is -0.623. The molecule has 0 radical (unpaired) electrons. The molecule has 0 heterocycles. The first-order valence-corrected chi connectivity index (χ1v) is 6.21. The molecular weight excluding hydrogens is 242 g/mol. The molecule has 1 aromatic rings. The van der Waals surface area contributed by atoms with Gasteiger partial charge >= 0.3 is 5.97 Å². The Morgan fingerprint density at radius 2 is 1.95 bits per heavy atom. The van der Waals surface area contributed by atoms with E-state index in [1.165, 1.54) is 12.7 Å². The Balaban J connectivity index is 2.52. The zero-order valence-corrected chi connectivity index (χ0v) is 11.7. The second-order valence-corrected chi connectivity index (χ2v) is 4.57. The summed E-state index contributed by atoms with van der Waals surface area (Å²) < 4.78 is 10.1. The first kappa shape index (κ1) is 15.2. The lowest BCUT2D eigenvalue weighted by Crippen LogP contribution is -2.33. The van der Waals surface area contributed by atoms with E-state index in [9.17, 15) is 4.79 Å². The lowest BCUT2D eigenvalue weighted by Gasteiger charge is -2.10. The number of esters is 1. The average Bonchev–Trinajstić information content (AvgIpc) is 2.39. The van der Waals surface area contributed by atoms with Crippen molar-refractivity contribution >= 4 is 5.97 Å². The minimum absolute atomic E-state index is 0.399. The van der Waals surface area contributed by atoms with Crippen molar-refractivity contribution in [2.75, 3.05) is 13.7 Å². The molecule has 1 aromatic carbocycles. The Morgan fingerprint density at radius 1 is 1.32 bits per heavy atom. The maximum absolute atomic E-state index is 11.2. The predicted molar refractivity (Wildman–Crippen MR) is 75.1 cm³/mol. The van der Waals surface area contributed by atoms with E-state index in [4.69, 9.17) is 10.5 Å². The molecule has 0 aliphatic carbocycles. The molecule has 104 valence electrons. The first-order chi connectivity index (χ1) is 9.02. The van der Waals surface area contributed by atoms with Gasteiger partial charge in [-0.15, -0.1) is 0 Å². The highest BCUT2D eigenvalue weighted by Crippen LogP contribution is 2.13. The summed E-state index contributed by atoms with van der Waals surface area (Å²) in [5.74, 6) is 0.400. The van der Waals surface area contributed by atoms with Crippen molar-refractivity contribution in [2.24, 2.45) is 5.73 Å². The van der Waals surface area contributed by atoms with Crippen LogP contribution in [0.2, 0.25) is 0 Å². The maximum Gasteiger partial charge on any atom is 0.322 e. The molecule has 4 nitrogen and oxygen atoms in total. The molecule has 0 aliphatic heterocycles. The molecule has 0 saturated heterocycles. The molecule has 2 N–H and O–H groups in total. The highest BCUT2D eigenvalue weighted by Gasteiger charge is 2.13. The van der Waals surface area contributed by atoms with E-state index in [-0.39, 0.29) is 0 Å². The summed E-state index contributed by atoms with van der Waals surface area (Å²) in [6.07, 6.45) is 2.47. The fraction of sp³-hybridized carbons (Fsp3) is 0.400. The van der Waals surface area contributed by atoms with Gasteiger partial charge in [0.15, 0.2) is 0 Å². The fourth-order valence-corrected chi connectivity index (χ4v) is 1.51. The van der Waals surface area contributed by atoms with E-state index >= 15 is 0 Å². The summed E-state index contributed by atoms with van der Waals surface area (Å²) in [4.78, 5) is 11.2. The molecule has 0 aromatic heterocycles. The number of nitrogens with two attached hydrogens (primary N) is 1. The fourth-order valence-electron chi connectivity index (χ4n) is 1.51. The van der Waals surface area contributed by atoms with Crippen molar-refractivity contribution in [1.82, 2.24) is 0 Å². The van der Waals surface area contributed by atoms with Gasteiger partial charge in [0, 0.05) is 0 Å². The van der Waals surface area contributed by atoms with Crippen LogP contribution < -0.4 is 10.5 Å². The molecular formula is C15H21NO3. The third-order valence-electron chi connectivity index (χ3n) is 2.62. The normalized spacial score (nSPS) is 11.6. The van der Waals surface area contributed by atoms with Crippen LogP contribution in [0.25, 0.3) is 0 Å². The molecule has 1 atom stereocenters. The number of methoxy groups -OCH3 is 1. The number of ether oxygens (including phenoxy) is 2. The second kappa shape index (κ2) is 7.59. The lowest BCUT2D eigenvalue weighted by atomic mass is 10.1. The van der Waals surface area contributed by atoms with Gasteiger partial charge in [0.2, 0.25) is 0 Å². The van der Waals surface area contributed by atoms with Crippen LogP contribution in [0.15, 0.2) is 35.9 Å². The van der Waals surface area contributed by atoms with Crippen molar-refractivity contribution in [2.45, 2.75) is 26.3 Å². The van der Waals surface area contributed by atoms with Crippen LogP contribution in [-0.2, 0) is 16.0 Å². The lowest BCUT2D eigenvalue weighted by molar-refractivity contribution is -0.142. The summed E-state index contributed by atoms with van der Waals surface area (Å²) in [7, 11) is 1.34. The molecule has 0 amide bonds. The van der Waals surface area contributed by atoms with E-state index in [1.54, 1.807) is 0 Å². The van der Waals surface area contributed by atoms with Gasteiger partial charge in [-0.05, 0) is 44.0 Å². The molecule has 1 rings (SSSR count). The minimum Gasteiger partial charge on any atom is -0.490 e. The molecule has 0 unspecified atom stereocenters. The van der Waals surface area contributed by atoms with Gasteiger partial charge in [-0.3, -0.25) is 4.79 Å². The summed E-state index contributed by atoms with van der Waals surface area (Å²) in [6.45, 7) is 4.62. The SMILES string of the molecule is COC(=O)[C@@H](N)Cc1ccc(OCC=C(C)C)cc1. The van der Waals surface area contributed by atoms with Crippen LogP contribution >= 0.6 is 0 Å². The van der Waals surface area contributed by atoms with Gasteiger partial charge in [-0.1, -0.05) is 17.7 Å². The summed E-state index contributed by atoms with van der Waals surface area (Å²) in [6, 6.07) is 6.93. The number of carbonyl (C=O) groups excluding carboxylic acids is 1. The summed E-state index contributed by atoms with van der Waals surface area (Å²) >= 11 is 0. The van der Waals surface area contributed by atoms with Gasteiger partial charge in [0.25, 0.3) is 0 Å². The van der Waals surface area contributed by atoms with Crippen molar-refractivity contribution in [3.8, 4) is 5.75 Å². The largest absolute Gasteiger partial charge is 0.490 e. The van der Waals surface area contributed by atoms with E-state index in [0.29, 0.717) is 13.0 Å². The van der Waals surface area contributed by atoms with Gasteiger partial charge < -0.3 is 15.2 Å². The van der Waals surface area contributed by atoms with Crippen molar-refractivity contribution in [1.29, 1.82) is 0 Å². The highest BCUT2D eigenvalue weighted by atomic mass is 16.5. The Hall–Kier alpha value is -1.81. The topological polar surface area (TPSA) is 61.5 Å². The molecule has 19 heavy (non-hydrogen) atoms. The van der Waals surface area contributed by atoms with Crippen LogP contribution in [-0.4, -0.2) is 25.7 Å². The van der Waals surface area contributed by atoms with E-state index in [1.807, 2.05) is 44.2 Å². The van der Waals surface area contributed by atoms with Gasteiger partial charge in [-0.25, -0.2) is 0 Å². The zero-order chi connectivity index (χ0) is 14.3. The van der Waals surface area contributed by atoms with Gasteiger partial charge in [0.05, 0.1) is 7.11 Å². The Morgan fingerprint density at radius 3 is 2.47 bits per heavy atom. The average molecular weight is 263 g/mol. The number of carbonyl (C=O) groups is 1. The maximum atomic E-state index is 11.2. The molecule has 0 aliphatic rings. The quantitative estimate of drug-likeness (QED) is 0.630. The summed E-state index contributed by atoms with van der Waals surface area (Å²) in [5.41, 5.74) is 7.90. The Kier molecular flexibility index (Phi) is 6.09. The van der Waals surface area contributed by atoms with Crippen molar-refractivity contribution in [3.63, 3.8) is 0 Å². The van der Waals surface area contributed by atoms with Crippen LogP contribution in [0.1, 0.15) is 19.4 Å². The van der Waals surface area contributed by atoms with E-state index < -0.39 is 12.0 Å². The van der Waals surface area contributed by atoms with Crippen LogP contribution in [0, 0.1) is 0 Å². The van der Waals surface area contributed by atoms with E-state index in [0.717, 1.165) is 11.3 Å². The predicted octanol–water partition coefficient (Wildman–Crippen LogP) is 2.07. The monoisotopic (exact) mass is 263 g/mol. The zero-order valence-electron chi connectivity index (χ0n) is 11.7. The standard InChI is InChI=1S/C15H21NO3/c1-11(2)8-9-19-13-6-4-12(5-7-13)10-14(16)15(17)18-3/h4-8,14H,9-10,16H2,1-3H3/t14-/m0/s1. The van der Waals surface area contributed by atoms with Crippen LogP contribution in [0.5, 0.6) is 5.75 Å².